The van der Waals surface area contributed by atoms with Gasteiger partial charge in [0.2, 0.25) is 19.7 Å². The van der Waals surface area contributed by atoms with Crippen LogP contribution in [0.15, 0.2) is 92.4 Å². The Balaban J connectivity index is 2.22. The van der Waals surface area contributed by atoms with Crippen LogP contribution in [0.3, 0.4) is 0 Å². The van der Waals surface area contributed by atoms with Crippen molar-refractivity contribution >= 4 is 19.7 Å². The first-order valence-electron chi connectivity index (χ1n) is 8.76. The minimum atomic E-state index is -4.10. The van der Waals surface area contributed by atoms with Crippen LogP contribution in [-0.2, 0) is 19.7 Å². The van der Waals surface area contributed by atoms with Gasteiger partial charge in [0.25, 0.3) is 0 Å². The zero-order valence-corrected chi connectivity index (χ0v) is 17.6. The SMILES string of the molecule is COc1ccc(S(=O)(=O)c2ccc([C@H](C)N)cc2)c(S(=O)(=O)c2ccccc2)c1. The molecule has 0 fully saturated rings. The molecule has 0 spiro atoms. The Morgan fingerprint density at radius 3 is 1.86 bits per heavy atom. The van der Waals surface area contributed by atoms with Crippen molar-refractivity contribution in [2.75, 3.05) is 7.11 Å². The summed E-state index contributed by atoms with van der Waals surface area (Å²) in [5.74, 6) is 0.241. The Labute approximate surface area is 170 Å². The minimum absolute atomic E-state index is 0.00277. The average molecular weight is 432 g/mol. The number of ether oxygens (including phenoxy) is 1. The highest BCUT2D eigenvalue weighted by atomic mass is 32.2. The van der Waals surface area contributed by atoms with Crippen molar-refractivity contribution in [3.63, 3.8) is 0 Å². The van der Waals surface area contributed by atoms with Crippen molar-refractivity contribution in [2.24, 2.45) is 5.73 Å². The molecule has 3 aromatic carbocycles. The molecule has 0 radical (unpaired) electrons. The Hall–Kier alpha value is -2.68. The van der Waals surface area contributed by atoms with Crippen molar-refractivity contribution in [1.29, 1.82) is 0 Å². The van der Waals surface area contributed by atoms with E-state index in [9.17, 15) is 16.8 Å². The lowest BCUT2D eigenvalue weighted by molar-refractivity contribution is 0.412. The number of sulfone groups is 2. The van der Waals surface area contributed by atoms with Gasteiger partial charge in [-0.3, -0.25) is 0 Å². The van der Waals surface area contributed by atoms with Crippen molar-refractivity contribution < 1.29 is 21.6 Å². The van der Waals surface area contributed by atoms with E-state index in [4.69, 9.17) is 10.5 Å². The summed E-state index contributed by atoms with van der Waals surface area (Å²) in [7, 11) is -6.81. The van der Waals surface area contributed by atoms with Gasteiger partial charge >= 0.3 is 0 Å². The molecule has 3 aromatic rings. The van der Waals surface area contributed by atoms with Crippen LogP contribution >= 0.6 is 0 Å². The lowest BCUT2D eigenvalue weighted by Crippen LogP contribution is -2.12. The van der Waals surface area contributed by atoms with Gasteiger partial charge in [-0.05, 0) is 48.9 Å². The first-order chi connectivity index (χ1) is 13.7. The molecule has 152 valence electrons. The van der Waals surface area contributed by atoms with Gasteiger partial charge in [-0.15, -0.1) is 0 Å². The Morgan fingerprint density at radius 1 is 0.759 bits per heavy atom. The van der Waals surface area contributed by atoms with Crippen LogP contribution in [-0.4, -0.2) is 23.9 Å². The molecule has 1 atom stereocenters. The molecule has 0 aromatic heterocycles. The minimum Gasteiger partial charge on any atom is -0.497 e. The molecule has 8 heteroatoms. The van der Waals surface area contributed by atoms with E-state index >= 15 is 0 Å². The van der Waals surface area contributed by atoms with Crippen molar-refractivity contribution in [3.8, 4) is 5.75 Å². The van der Waals surface area contributed by atoms with Crippen LogP contribution < -0.4 is 10.5 Å². The summed E-state index contributed by atoms with van der Waals surface area (Å²) in [6.07, 6.45) is 0. The molecule has 0 aliphatic rings. The third-order valence-electron chi connectivity index (χ3n) is 4.50. The summed E-state index contributed by atoms with van der Waals surface area (Å²) >= 11 is 0. The topological polar surface area (TPSA) is 104 Å². The van der Waals surface area contributed by atoms with Crippen molar-refractivity contribution in [3.05, 3.63) is 78.4 Å². The van der Waals surface area contributed by atoms with Gasteiger partial charge in [0, 0.05) is 12.1 Å². The highest BCUT2D eigenvalue weighted by Gasteiger charge is 2.30. The zero-order chi connectivity index (χ0) is 21.2. The smallest absolute Gasteiger partial charge is 0.208 e. The number of hydrogen-bond acceptors (Lipinski definition) is 6. The summed E-state index contributed by atoms with van der Waals surface area (Å²) in [5, 5.41) is 0. The number of benzene rings is 3. The predicted molar refractivity (Wildman–Crippen MR) is 109 cm³/mol. The van der Waals surface area contributed by atoms with E-state index in [0.717, 1.165) is 5.56 Å². The van der Waals surface area contributed by atoms with Crippen molar-refractivity contribution in [1.82, 2.24) is 0 Å². The molecular weight excluding hydrogens is 410 g/mol. The summed E-state index contributed by atoms with van der Waals surface area (Å²) in [5.41, 5.74) is 6.59. The van der Waals surface area contributed by atoms with Gasteiger partial charge < -0.3 is 10.5 Å². The second-order valence-corrected chi connectivity index (χ2v) is 10.3. The van der Waals surface area contributed by atoms with Crippen LogP contribution in [0.2, 0.25) is 0 Å². The third kappa shape index (κ3) is 4.05. The van der Waals surface area contributed by atoms with Crippen LogP contribution in [0.1, 0.15) is 18.5 Å². The Morgan fingerprint density at radius 2 is 1.31 bits per heavy atom. The average Bonchev–Trinajstić information content (AvgIpc) is 2.74. The highest BCUT2D eigenvalue weighted by molar-refractivity contribution is 7.94. The van der Waals surface area contributed by atoms with Gasteiger partial charge in [-0.25, -0.2) is 16.8 Å². The second-order valence-electron chi connectivity index (χ2n) is 6.49. The second kappa shape index (κ2) is 7.98. The van der Waals surface area contributed by atoms with E-state index in [1.165, 1.54) is 49.6 Å². The molecule has 0 saturated carbocycles. The number of rotatable bonds is 6. The maximum atomic E-state index is 13.3. The zero-order valence-electron chi connectivity index (χ0n) is 15.9. The summed E-state index contributed by atoms with van der Waals surface area (Å²) in [4.78, 5) is -0.663. The first kappa shape index (κ1) is 21.0. The molecule has 3 rings (SSSR count). The number of methoxy groups -OCH3 is 1. The highest BCUT2D eigenvalue weighted by Crippen LogP contribution is 2.34. The van der Waals surface area contributed by atoms with E-state index in [0.29, 0.717) is 0 Å². The lowest BCUT2D eigenvalue weighted by atomic mass is 10.1. The largest absolute Gasteiger partial charge is 0.497 e. The standard InChI is InChI=1S/C21H21NO5S2/c1-15(22)16-8-11-19(12-9-16)28(23,24)20-13-10-17(27-2)14-21(20)29(25,26)18-6-4-3-5-7-18/h3-15H,22H2,1-2H3/t15-/m0/s1. The number of hydrogen-bond donors (Lipinski definition) is 1. The van der Waals surface area contributed by atoms with E-state index in [-0.39, 0.29) is 31.4 Å². The number of nitrogens with two attached hydrogens (primary N) is 1. The third-order valence-corrected chi connectivity index (χ3v) is 8.27. The molecule has 0 heterocycles. The first-order valence-corrected chi connectivity index (χ1v) is 11.7. The monoisotopic (exact) mass is 431 g/mol. The molecule has 29 heavy (non-hydrogen) atoms. The van der Waals surface area contributed by atoms with Gasteiger partial charge in [0.15, 0.2) is 0 Å². The fraction of sp³-hybridized carbons (Fsp3) is 0.143. The van der Waals surface area contributed by atoms with E-state index < -0.39 is 19.7 Å². The molecule has 2 N–H and O–H groups in total. The quantitative estimate of drug-likeness (QED) is 0.642. The van der Waals surface area contributed by atoms with E-state index in [1.807, 2.05) is 0 Å². The Bertz CT molecular complexity index is 1220. The van der Waals surface area contributed by atoms with Crippen LogP contribution in [0, 0.1) is 0 Å². The Kier molecular flexibility index (Phi) is 5.79. The van der Waals surface area contributed by atoms with Crippen LogP contribution in [0.25, 0.3) is 0 Å². The molecule has 0 aliphatic heterocycles. The summed E-state index contributed by atoms with van der Waals surface area (Å²) in [6.45, 7) is 1.79. The van der Waals surface area contributed by atoms with Gasteiger partial charge in [0.05, 0.1) is 26.7 Å². The normalized spacial score (nSPS) is 13.1. The van der Waals surface area contributed by atoms with Crippen LogP contribution in [0.4, 0.5) is 0 Å². The van der Waals surface area contributed by atoms with Gasteiger partial charge in [-0.2, -0.15) is 0 Å². The fourth-order valence-corrected chi connectivity index (χ4v) is 6.20. The van der Waals surface area contributed by atoms with Crippen LogP contribution in [0.5, 0.6) is 5.75 Å². The molecule has 0 aliphatic carbocycles. The maximum Gasteiger partial charge on any atom is 0.208 e. The molecule has 0 amide bonds. The van der Waals surface area contributed by atoms with E-state index in [1.54, 1.807) is 37.3 Å². The summed E-state index contributed by atoms with van der Waals surface area (Å²) in [6, 6.07) is 17.4. The van der Waals surface area contributed by atoms with Gasteiger partial charge in [-0.1, -0.05) is 30.3 Å². The maximum absolute atomic E-state index is 13.3. The molecule has 6 nitrogen and oxygen atoms in total. The molecule has 0 unspecified atom stereocenters. The van der Waals surface area contributed by atoms with Gasteiger partial charge in [0.1, 0.15) is 5.75 Å². The predicted octanol–water partition coefficient (Wildman–Crippen LogP) is 3.38. The fourth-order valence-electron chi connectivity index (χ4n) is 2.85. The molecular formula is C21H21NO5S2. The van der Waals surface area contributed by atoms with Crippen molar-refractivity contribution in [2.45, 2.75) is 32.5 Å². The summed E-state index contributed by atoms with van der Waals surface area (Å²) < 4.78 is 58.1. The molecule has 0 bridgehead atoms. The van der Waals surface area contributed by atoms with E-state index in [2.05, 4.69) is 0 Å². The molecule has 0 saturated heterocycles. The lowest BCUT2D eigenvalue weighted by Gasteiger charge is -2.14.